The van der Waals surface area contributed by atoms with Crippen LogP contribution in [0.3, 0.4) is 0 Å². The van der Waals surface area contributed by atoms with Gasteiger partial charge in [0.05, 0.1) is 4.90 Å². The highest BCUT2D eigenvalue weighted by Crippen LogP contribution is 2.30. The molecule has 1 aliphatic rings. The fourth-order valence-corrected chi connectivity index (χ4v) is 4.50. The fourth-order valence-electron chi connectivity index (χ4n) is 2.92. The maximum absolute atomic E-state index is 12.9. The Balaban J connectivity index is 1.89. The SMILES string of the molecule is C=C[C@@H]1CN(S(=O)(=O)c2ccc(C)cc2)C/C1=C\c1ccc(Cl)cc1. The molecule has 5 heteroatoms. The quantitative estimate of drug-likeness (QED) is 0.738. The molecule has 25 heavy (non-hydrogen) atoms. The van der Waals surface area contributed by atoms with E-state index in [1.165, 1.54) is 4.31 Å². The van der Waals surface area contributed by atoms with Crippen LogP contribution >= 0.6 is 11.6 Å². The van der Waals surface area contributed by atoms with Gasteiger partial charge in [-0.1, -0.05) is 53.6 Å². The molecule has 0 bridgehead atoms. The normalized spacial score (nSPS) is 20.1. The van der Waals surface area contributed by atoms with Crippen molar-refractivity contribution in [2.24, 2.45) is 5.92 Å². The minimum Gasteiger partial charge on any atom is -0.207 e. The zero-order valence-electron chi connectivity index (χ0n) is 14.0. The first-order valence-electron chi connectivity index (χ1n) is 8.05. The summed E-state index contributed by atoms with van der Waals surface area (Å²) in [4.78, 5) is 0.327. The van der Waals surface area contributed by atoms with E-state index in [2.05, 4.69) is 6.58 Å². The van der Waals surface area contributed by atoms with Gasteiger partial charge < -0.3 is 0 Å². The van der Waals surface area contributed by atoms with E-state index in [0.717, 1.165) is 16.7 Å². The maximum Gasteiger partial charge on any atom is 0.243 e. The topological polar surface area (TPSA) is 37.4 Å². The lowest BCUT2D eigenvalue weighted by Crippen LogP contribution is -2.28. The van der Waals surface area contributed by atoms with E-state index in [1.807, 2.05) is 55.5 Å². The average molecular weight is 374 g/mol. The van der Waals surface area contributed by atoms with Crippen molar-refractivity contribution in [3.05, 3.63) is 82.9 Å². The maximum atomic E-state index is 12.9. The summed E-state index contributed by atoms with van der Waals surface area (Å²) >= 11 is 5.92. The molecule has 3 rings (SSSR count). The van der Waals surface area contributed by atoms with Crippen LogP contribution in [0.2, 0.25) is 5.02 Å². The molecule has 1 aliphatic heterocycles. The third-order valence-corrected chi connectivity index (χ3v) is 6.48. The summed E-state index contributed by atoms with van der Waals surface area (Å²) in [6.45, 7) is 6.59. The number of rotatable bonds is 4. The van der Waals surface area contributed by atoms with Crippen molar-refractivity contribution in [3.63, 3.8) is 0 Å². The molecule has 0 aliphatic carbocycles. The molecular formula is C20H20ClNO2S. The number of benzene rings is 2. The number of halogens is 1. The Morgan fingerprint density at radius 3 is 2.36 bits per heavy atom. The molecule has 0 aromatic heterocycles. The standard InChI is InChI=1S/C20H20ClNO2S/c1-3-17-13-22(25(23,24)20-10-4-15(2)5-11-20)14-18(17)12-16-6-8-19(21)9-7-16/h3-12,17H,1,13-14H2,2H3/b18-12+/t17-/m1/s1. The van der Waals surface area contributed by atoms with Gasteiger partial charge in [-0.2, -0.15) is 4.31 Å². The van der Waals surface area contributed by atoms with Crippen LogP contribution < -0.4 is 0 Å². The number of sulfonamides is 1. The van der Waals surface area contributed by atoms with E-state index in [1.54, 1.807) is 12.1 Å². The van der Waals surface area contributed by atoms with Gasteiger partial charge in [0.1, 0.15) is 0 Å². The third-order valence-electron chi connectivity index (χ3n) is 4.40. The van der Waals surface area contributed by atoms with Crippen molar-refractivity contribution in [2.45, 2.75) is 11.8 Å². The average Bonchev–Trinajstić information content (AvgIpc) is 3.01. The number of aryl methyl sites for hydroxylation is 1. The predicted molar refractivity (Wildman–Crippen MR) is 103 cm³/mol. The molecule has 0 saturated carbocycles. The second kappa shape index (κ2) is 7.16. The highest BCUT2D eigenvalue weighted by Gasteiger charge is 2.34. The van der Waals surface area contributed by atoms with Crippen LogP contribution in [0, 0.1) is 12.8 Å². The summed E-state index contributed by atoms with van der Waals surface area (Å²) in [7, 11) is -3.51. The lowest BCUT2D eigenvalue weighted by molar-refractivity contribution is 0.471. The van der Waals surface area contributed by atoms with Gasteiger partial charge >= 0.3 is 0 Å². The van der Waals surface area contributed by atoms with E-state index in [9.17, 15) is 8.42 Å². The Hall–Kier alpha value is -1.88. The first-order valence-corrected chi connectivity index (χ1v) is 9.87. The van der Waals surface area contributed by atoms with Crippen molar-refractivity contribution in [1.29, 1.82) is 0 Å². The molecule has 2 aromatic carbocycles. The molecule has 0 N–H and O–H groups in total. The van der Waals surface area contributed by atoms with E-state index >= 15 is 0 Å². The number of hydrogen-bond acceptors (Lipinski definition) is 2. The largest absolute Gasteiger partial charge is 0.243 e. The minimum absolute atomic E-state index is 0.0101. The van der Waals surface area contributed by atoms with Gasteiger partial charge in [0.25, 0.3) is 0 Å². The lowest BCUT2D eigenvalue weighted by atomic mass is 10.0. The van der Waals surface area contributed by atoms with Crippen LogP contribution in [0.4, 0.5) is 0 Å². The molecule has 0 amide bonds. The lowest BCUT2D eigenvalue weighted by Gasteiger charge is -2.15. The molecule has 1 saturated heterocycles. The molecule has 1 fully saturated rings. The summed E-state index contributed by atoms with van der Waals surface area (Å²) in [5.74, 6) is 0.0101. The summed E-state index contributed by atoms with van der Waals surface area (Å²) in [6.07, 6.45) is 3.83. The fraction of sp³-hybridized carbons (Fsp3) is 0.200. The highest BCUT2D eigenvalue weighted by atomic mass is 35.5. The third kappa shape index (κ3) is 3.87. The molecule has 0 unspecified atom stereocenters. The summed E-state index contributed by atoms with van der Waals surface area (Å²) in [6, 6.07) is 14.5. The minimum atomic E-state index is -3.51. The van der Waals surface area contributed by atoms with Crippen LogP contribution in [-0.4, -0.2) is 25.8 Å². The van der Waals surface area contributed by atoms with Gasteiger partial charge in [-0.05, 0) is 42.3 Å². The van der Waals surface area contributed by atoms with Crippen LogP contribution in [0.1, 0.15) is 11.1 Å². The van der Waals surface area contributed by atoms with Gasteiger partial charge in [0, 0.05) is 24.0 Å². The van der Waals surface area contributed by atoms with Crippen molar-refractivity contribution < 1.29 is 8.42 Å². The summed E-state index contributed by atoms with van der Waals surface area (Å²) in [5.41, 5.74) is 3.07. The van der Waals surface area contributed by atoms with Gasteiger partial charge in [-0.3, -0.25) is 0 Å². The molecule has 1 heterocycles. The second-order valence-corrected chi connectivity index (χ2v) is 8.60. The molecule has 3 nitrogen and oxygen atoms in total. The zero-order valence-corrected chi connectivity index (χ0v) is 15.6. The van der Waals surface area contributed by atoms with Crippen LogP contribution in [0.25, 0.3) is 6.08 Å². The summed E-state index contributed by atoms with van der Waals surface area (Å²) in [5, 5.41) is 0.678. The van der Waals surface area contributed by atoms with E-state index < -0.39 is 10.0 Å². The Morgan fingerprint density at radius 1 is 1.12 bits per heavy atom. The van der Waals surface area contributed by atoms with Gasteiger partial charge in [-0.25, -0.2) is 8.42 Å². The highest BCUT2D eigenvalue weighted by molar-refractivity contribution is 7.89. The smallest absolute Gasteiger partial charge is 0.207 e. The van der Waals surface area contributed by atoms with E-state index in [0.29, 0.717) is 23.0 Å². The van der Waals surface area contributed by atoms with E-state index in [-0.39, 0.29) is 5.92 Å². The first-order chi connectivity index (χ1) is 11.9. The Kier molecular flexibility index (Phi) is 5.13. The van der Waals surface area contributed by atoms with Crippen LogP contribution in [-0.2, 0) is 10.0 Å². The molecule has 0 radical (unpaired) electrons. The summed E-state index contributed by atoms with van der Waals surface area (Å²) < 4.78 is 27.3. The monoisotopic (exact) mass is 373 g/mol. The van der Waals surface area contributed by atoms with Crippen LogP contribution in [0.15, 0.2) is 71.7 Å². The van der Waals surface area contributed by atoms with Crippen molar-refractivity contribution in [1.82, 2.24) is 4.31 Å². The number of hydrogen-bond donors (Lipinski definition) is 0. The van der Waals surface area contributed by atoms with Crippen molar-refractivity contribution in [2.75, 3.05) is 13.1 Å². The van der Waals surface area contributed by atoms with Crippen LogP contribution in [0.5, 0.6) is 0 Å². The molecular weight excluding hydrogens is 354 g/mol. The van der Waals surface area contributed by atoms with Crippen molar-refractivity contribution in [3.8, 4) is 0 Å². The Bertz CT molecular complexity index is 900. The first kappa shape index (κ1) is 17.9. The molecule has 2 aromatic rings. The van der Waals surface area contributed by atoms with Gasteiger partial charge in [0.15, 0.2) is 0 Å². The zero-order chi connectivity index (χ0) is 18.0. The molecule has 0 spiro atoms. The van der Waals surface area contributed by atoms with Gasteiger partial charge in [-0.15, -0.1) is 6.58 Å². The number of nitrogens with zero attached hydrogens (tertiary/aromatic N) is 1. The van der Waals surface area contributed by atoms with Gasteiger partial charge in [0.2, 0.25) is 10.0 Å². The molecule has 130 valence electrons. The Morgan fingerprint density at radius 2 is 1.76 bits per heavy atom. The van der Waals surface area contributed by atoms with Crippen molar-refractivity contribution >= 4 is 27.7 Å². The Labute approximate surface area is 154 Å². The predicted octanol–water partition coefficient (Wildman–Crippen LogP) is 4.54. The second-order valence-electron chi connectivity index (χ2n) is 6.22. The van der Waals surface area contributed by atoms with E-state index in [4.69, 9.17) is 11.6 Å². The molecule has 1 atom stereocenters.